The second kappa shape index (κ2) is 9.69. The summed E-state index contributed by atoms with van der Waals surface area (Å²) in [5, 5.41) is 17.9. The zero-order valence-electron chi connectivity index (χ0n) is 17.2. The van der Waals surface area contributed by atoms with Crippen LogP contribution in [0.25, 0.3) is 11.3 Å². The highest BCUT2D eigenvalue weighted by atomic mass is 32.1. The number of thiazole rings is 1. The van der Waals surface area contributed by atoms with Gasteiger partial charge in [0, 0.05) is 38.1 Å². The molecule has 4 rings (SSSR count). The van der Waals surface area contributed by atoms with Gasteiger partial charge in [0.05, 0.1) is 24.3 Å². The van der Waals surface area contributed by atoms with Gasteiger partial charge in [-0.25, -0.2) is 18.4 Å². The lowest BCUT2D eigenvalue weighted by molar-refractivity contribution is 0.102. The number of nitrogens with two attached hydrogens (primary N) is 1. The highest BCUT2D eigenvalue weighted by molar-refractivity contribution is 7.07. The Kier molecular flexibility index (Phi) is 6.74. The summed E-state index contributed by atoms with van der Waals surface area (Å²) in [5.41, 5.74) is 7.42. The van der Waals surface area contributed by atoms with Crippen LogP contribution in [-0.4, -0.2) is 70.0 Å². The van der Waals surface area contributed by atoms with E-state index in [0.29, 0.717) is 38.5 Å². The van der Waals surface area contributed by atoms with Gasteiger partial charge in [0.2, 0.25) is 0 Å². The van der Waals surface area contributed by atoms with E-state index in [4.69, 9.17) is 5.73 Å². The Labute approximate surface area is 187 Å². The first kappa shape index (κ1) is 22.3. The summed E-state index contributed by atoms with van der Waals surface area (Å²) in [6, 6.07) is 3.54. The molecule has 0 aliphatic carbocycles. The molecule has 0 bridgehead atoms. The molecule has 4 N–H and O–H groups in total. The summed E-state index contributed by atoms with van der Waals surface area (Å²) in [6.07, 6.45) is 0. The van der Waals surface area contributed by atoms with Crippen molar-refractivity contribution in [2.24, 2.45) is 5.73 Å². The summed E-state index contributed by atoms with van der Waals surface area (Å²) in [4.78, 5) is 20.9. The zero-order chi connectivity index (χ0) is 22.7. The second-order valence-corrected chi connectivity index (χ2v) is 7.92. The smallest absolute Gasteiger partial charge is 0.275 e. The van der Waals surface area contributed by atoms with E-state index in [9.17, 15) is 18.7 Å². The van der Waals surface area contributed by atoms with Gasteiger partial charge >= 0.3 is 0 Å². The number of aliphatic hydroxyl groups excluding tert-OH is 1. The third-order valence-electron chi connectivity index (χ3n) is 5.29. The summed E-state index contributed by atoms with van der Waals surface area (Å²) < 4.78 is 30.8. The van der Waals surface area contributed by atoms with Crippen LogP contribution < -0.4 is 16.0 Å². The normalized spacial score (nSPS) is 14.7. The molecule has 9 nitrogen and oxygen atoms in total. The van der Waals surface area contributed by atoms with E-state index >= 15 is 0 Å². The molecule has 32 heavy (non-hydrogen) atoms. The van der Waals surface area contributed by atoms with Crippen LogP contribution in [0.5, 0.6) is 0 Å². The van der Waals surface area contributed by atoms with Gasteiger partial charge in [0.1, 0.15) is 28.7 Å². The Hall–Kier alpha value is -2.93. The molecule has 1 aromatic carbocycles. The van der Waals surface area contributed by atoms with E-state index in [1.165, 1.54) is 27.6 Å². The molecule has 0 unspecified atom stereocenters. The molecule has 1 aliphatic rings. The van der Waals surface area contributed by atoms with E-state index in [0.717, 1.165) is 12.1 Å². The predicted molar refractivity (Wildman–Crippen MR) is 118 cm³/mol. The standard InChI is InChI=1S/C20H23F2N7O2S/c21-13-2-1-3-14(22)16(13)17-18(25-19(31)15-10-32-12-24-15)20(29(11-23)26-17)28-6-4-27(5-7-28)8-9-30/h1-3,10,12,30H,4-9,11,23H2,(H,25,31). The maximum Gasteiger partial charge on any atom is 0.275 e. The number of nitrogens with one attached hydrogen (secondary N) is 1. The number of anilines is 2. The van der Waals surface area contributed by atoms with E-state index in [2.05, 4.69) is 20.3 Å². The molecule has 12 heteroatoms. The number of piperazine rings is 1. The monoisotopic (exact) mass is 463 g/mol. The lowest BCUT2D eigenvalue weighted by Gasteiger charge is -2.36. The quantitative estimate of drug-likeness (QED) is 0.488. The highest BCUT2D eigenvalue weighted by Crippen LogP contribution is 2.39. The van der Waals surface area contributed by atoms with Crippen molar-refractivity contribution in [2.75, 3.05) is 49.5 Å². The number of aliphatic hydroxyl groups is 1. The molecule has 3 heterocycles. The van der Waals surface area contributed by atoms with Gasteiger partial charge in [-0.05, 0) is 12.1 Å². The fourth-order valence-corrected chi connectivity index (χ4v) is 4.27. The second-order valence-electron chi connectivity index (χ2n) is 7.21. The van der Waals surface area contributed by atoms with E-state index in [1.807, 2.05) is 4.90 Å². The lowest BCUT2D eigenvalue weighted by Crippen LogP contribution is -2.48. The predicted octanol–water partition coefficient (Wildman–Crippen LogP) is 1.57. The first-order valence-corrected chi connectivity index (χ1v) is 11.0. The van der Waals surface area contributed by atoms with Crippen molar-refractivity contribution in [1.29, 1.82) is 0 Å². The van der Waals surface area contributed by atoms with Crippen LogP contribution in [0, 0.1) is 11.6 Å². The van der Waals surface area contributed by atoms with E-state index < -0.39 is 17.5 Å². The maximum atomic E-state index is 14.7. The molecule has 170 valence electrons. The number of β-amino-alcohol motifs (C(OH)–C–C–N with tert-alkyl or cyclic N) is 1. The molecule has 1 saturated heterocycles. The van der Waals surface area contributed by atoms with Crippen molar-refractivity contribution in [3.05, 3.63) is 46.4 Å². The lowest BCUT2D eigenvalue weighted by atomic mass is 10.1. The van der Waals surface area contributed by atoms with Crippen LogP contribution in [0.15, 0.2) is 29.1 Å². The van der Waals surface area contributed by atoms with Crippen LogP contribution in [0.4, 0.5) is 20.3 Å². The molecule has 1 amide bonds. The molecule has 3 aromatic rings. The number of carbonyl (C=O) groups excluding carboxylic acids is 1. The Morgan fingerprint density at radius 1 is 1.22 bits per heavy atom. The minimum atomic E-state index is -0.796. The van der Waals surface area contributed by atoms with Crippen molar-refractivity contribution in [3.8, 4) is 11.3 Å². The fourth-order valence-electron chi connectivity index (χ4n) is 3.74. The number of amides is 1. The van der Waals surface area contributed by atoms with E-state index in [1.54, 1.807) is 5.38 Å². The van der Waals surface area contributed by atoms with Crippen LogP contribution in [0.1, 0.15) is 10.5 Å². The first-order chi connectivity index (χ1) is 15.5. The third-order valence-corrected chi connectivity index (χ3v) is 5.88. The van der Waals surface area contributed by atoms with Crippen molar-refractivity contribution in [1.82, 2.24) is 19.7 Å². The van der Waals surface area contributed by atoms with Gasteiger partial charge in [0.25, 0.3) is 5.91 Å². The van der Waals surface area contributed by atoms with Gasteiger partial charge in [-0.15, -0.1) is 11.3 Å². The summed E-state index contributed by atoms with van der Waals surface area (Å²) >= 11 is 1.26. The zero-order valence-corrected chi connectivity index (χ0v) is 18.0. The maximum absolute atomic E-state index is 14.7. The van der Waals surface area contributed by atoms with Crippen molar-refractivity contribution in [3.63, 3.8) is 0 Å². The average Bonchev–Trinajstić information content (AvgIpc) is 3.43. The van der Waals surface area contributed by atoms with Crippen molar-refractivity contribution < 1.29 is 18.7 Å². The van der Waals surface area contributed by atoms with E-state index in [-0.39, 0.29) is 35.9 Å². The van der Waals surface area contributed by atoms with Crippen LogP contribution >= 0.6 is 11.3 Å². The molecule has 0 radical (unpaired) electrons. The molecule has 1 fully saturated rings. The van der Waals surface area contributed by atoms with Gasteiger partial charge in [-0.1, -0.05) is 6.07 Å². The molecular formula is C20H23F2N7O2S. The number of halogens is 2. The molecule has 1 aliphatic heterocycles. The number of nitrogens with zero attached hydrogens (tertiary/aromatic N) is 5. The summed E-state index contributed by atoms with van der Waals surface area (Å²) in [5.74, 6) is -1.64. The number of hydrogen-bond acceptors (Lipinski definition) is 8. The van der Waals surface area contributed by atoms with Gasteiger partial charge < -0.3 is 21.1 Å². The minimum Gasteiger partial charge on any atom is -0.395 e. The number of benzene rings is 1. The van der Waals surface area contributed by atoms with Crippen LogP contribution in [0.3, 0.4) is 0 Å². The molecule has 0 saturated carbocycles. The molecular weight excluding hydrogens is 440 g/mol. The fraction of sp³-hybridized carbons (Fsp3) is 0.350. The highest BCUT2D eigenvalue weighted by Gasteiger charge is 2.30. The van der Waals surface area contributed by atoms with Crippen LogP contribution in [0.2, 0.25) is 0 Å². The van der Waals surface area contributed by atoms with Gasteiger partial charge in [0.15, 0.2) is 5.82 Å². The summed E-state index contributed by atoms with van der Waals surface area (Å²) in [7, 11) is 0. The first-order valence-electron chi connectivity index (χ1n) is 10.1. The Morgan fingerprint density at radius 3 is 2.53 bits per heavy atom. The van der Waals surface area contributed by atoms with Crippen molar-refractivity contribution >= 4 is 28.7 Å². The molecule has 2 aromatic heterocycles. The van der Waals surface area contributed by atoms with Gasteiger partial charge in [-0.3, -0.25) is 9.69 Å². The molecule has 0 spiro atoms. The van der Waals surface area contributed by atoms with Gasteiger partial charge in [-0.2, -0.15) is 5.10 Å². The Bertz CT molecular complexity index is 1060. The Balaban J connectivity index is 1.79. The Morgan fingerprint density at radius 2 is 1.94 bits per heavy atom. The minimum absolute atomic E-state index is 0.0394. The number of rotatable bonds is 7. The number of aromatic nitrogens is 3. The van der Waals surface area contributed by atoms with Crippen LogP contribution in [-0.2, 0) is 6.67 Å². The SMILES string of the molecule is NCn1nc(-c2c(F)cccc2F)c(NC(=O)c2cscn2)c1N1CCN(CCO)CC1. The molecule has 0 atom stereocenters. The summed E-state index contributed by atoms with van der Waals surface area (Å²) in [6.45, 7) is 3.02. The van der Waals surface area contributed by atoms with Crippen molar-refractivity contribution in [2.45, 2.75) is 6.67 Å². The number of hydrogen-bond donors (Lipinski definition) is 3. The number of carbonyl (C=O) groups is 1. The largest absolute Gasteiger partial charge is 0.395 e. The third kappa shape index (κ3) is 4.35. The topological polar surface area (TPSA) is 113 Å². The average molecular weight is 464 g/mol.